The molecule has 3 aromatic rings. The minimum absolute atomic E-state index is 0.0248. The summed E-state index contributed by atoms with van der Waals surface area (Å²) in [7, 11) is 0. The number of alkyl halides is 3. The molecule has 0 saturated carbocycles. The lowest BCUT2D eigenvalue weighted by Crippen LogP contribution is -2.14. The first-order valence-electron chi connectivity index (χ1n) is 9.55. The van der Waals surface area contributed by atoms with E-state index in [1.54, 1.807) is 0 Å². The van der Waals surface area contributed by atoms with Crippen LogP contribution in [0.5, 0.6) is 0 Å². The molecule has 0 saturated heterocycles. The molecule has 0 unspecified atom stereocenters. The Labute approximate surface area is 172 Å². The van der Waals surface area contributed by atoms with Crippen molar-refractivity contribution >= 4 is 17.4 Å². The average Bonchev–Trinajstić information content (AvgIpc) is 2.81. The molecule has 4 rings (SSSR count). The molecular formula is C22H21ClF3N3. The second kappa shape index (κ2) is 7.41. The third-order valence-electron chi connectivity index (χ3n) is 5.12. The SMILES string of the molecule is Cc1cc(C)cc(-c2nn(-c3ccc(Cl)cc3C(F)(F)F)c3c2CCCCN3)c1. The van der Waals surface area contributed by atoms with Crippen LogP contribution in [0.4, 0.5) is 19.0 Å². The fourth-order valence-corrected chi connectivity index (χ4v) is 4.11. The van der Waals surface area contributed by atoms with Gasteiger partial charge in [0.25, 0.3) is 0 Å². The molecule has 1 aliphatic rings. The number of fused-ring (bicyclic) bond motifs is 1. The fraction of sp³-hybridized carbons (Fsp3) is 0.318. The monoisotopic (exact) mass is 419 g/mol. The summed E-state index contributed by atoms with van der Waals surface area (Å²) in [6.07, 6.45) is -1.87. The van der Waals surface area contributed by atoms with Crippen LogP contribution in [-0.2, 0) is 12.6 Å². The van der Waals surface area contributed by atoms with Gasteiger partial charge in [0.2, 0.25) is 0 Å². The van der Waals surface area contributed by atoms with Crippen LogP contribution in [0.15, 0.2) is 36.4 Å². The van der Waals surface area contributed by atoms with Crippen LogP contribution in [0.25, 0.3) is 16.9 Å². The quantitative estimate of drug-likeness (QED) is 0.508. The molecule has 3 nitrogen and oxygen atoms in total. The maximum absolute atomic E-state index is 13.7. The molecule has 0 bridgehead atoms. The molecule has 29 heavy (non-hydrogen) atoms. The van der Waals surface area contributed by atoms with Crippen molar-refractivity contribution in [3.8, 4) is 16.9 Å². The van der Waals surface area contributed by atoms with E-state index in [0.29, 0.717) is 12.4 Å². The lowest BCUT2D eigenvalue weighted by atomic mass is 10.00. The van der Waals surface area contributed by atoms with Gasteiger partial charge in [-0.05, 0) is 63.4 Å². The van der Waals surface area contributed by atoms with E-state index < -0.39 is 11.7 Å². The maximum atomic E-state index is 13.7. The van der Waals surface area contributed by atoms with Crippen molar-refractivity contribution in [1.29, 1.82) is 0 Å². The summed E-state index contributed by atoms with van der Waals surface area (Å²) in [6.45, 7) is 4.71. The molecule has 1 N–H and O–H groups in total. The number of anilines is 1. The van der Waals surface area contributed by atoms with Gasteiger partial charge in [-0.25, -0.2) is 4.68 Å². The number of hydrogen-bond acceptors (Lipinski definition) is 2. The molecule has 7 heteroatoms. The summed E-state index contributed by atoms with van der Waals surface area (Å²) in [4.78, 5) is 0. The number of rotatable bonds is 2. The highest BCUT2D eigenvalue weighted by Gasteiger charge is 2.36. The second-order valence-corrected chi connectivity index (χ2v) is 7.94. The molecule has 0 atom stereocenters. The van der Waals surface area contributed by atoms with Gasteiger partial charge in [-0.3, -0.25) is 0 Å². The van der Waals surface area contributed by atoms with Crippen molar-refractivity contribution in [3.05, 3.63) is 63.7 Å². The number of benzene rings is 2. The second-order valence-electron chi connectivity index (χ2n) is 7.51. The number of aromatic nitrogens is 2. The van der Waals surface area contributed by atoms with Gasteiger partial charge in [0.1, 0.15) is 5.82 Å². The zero-order valence-electron chi connectivity index (χ0n) is 16.2. The number of aryl methyl sites for hydroxylation is 2. The Morgan fingerprint density at radius 2 is 1.76 bits per heavy atom. The summed E-state index contributed by atoms with van der Waals surface area (Å²) in [6, 6.07) is 9.93. The smallest absolute Gasteiger partial charge is 0.370 e. The van der Waals surface area contributed by atoms with E-state index in [-0.39, 0.29) is 10.7 Å². The van der Waals surface area contributed by atoms with Crippen LogP contribution < -0.4 is 5.32 Å². The topological polar surface area (TPSA) is 29.9 Å². The van der Waals surface area contributed by atoms with Crippen LogP contribution in [0, 0.1) is 13.8 Å². The molecule has 0 amide bonds. The first-order valence-corrected chi connectivity index (χ1v) is 9.93. The van der Waals surface area contributed by atoms with Gasteiger partial charge in [0.05, 0.1) is 16.9 Å². The van der Waals surface area contributed by atoms with Gasteiger partial charge in [-0.1, -0.05) is 28.8 Å². The Balaban J connectivity index is 1.98. The highest BCUT2D eigenvalue weighted by Crippen LogP contribution is 2.40. The third kappa shape index (κ3) is 3.86. The van der Waals surface area contributed by atoms with Gasteiger partial charge >= 0.3 is 6.18 Å². The number of hydrogen-bond donors (Lipinski definition) is 1. The minimum atomic E-state index is -4.54. The fourth-order valence-electron chi connectivity index (χ4n) is 3.94. The van der Waals surface area contributed by atoms with Gasteiger partial charge < -0.3 is 5.32 Å². The van der Waals surface area contributed by atoms with E-state index in [1.165, 1.54) is 16.8 Å². The van der Waals surface area contributed by atoms with E-state index in [4.69, 9.17) is 11.6 Å². The zero-order chi connectivity index (χ0) is 20.8. The van der Waals surface area contributed by atoms with Crippen molar-refractivity contribution in [1.82, 2.24) is 9.78 Å². The highest BCUT2D eigenvalue weighted by molar-refractivity contribution is 6.30. The molecule has 0 fully saturated rings. The normalized spacial score (nSPS) is 14.3. The predicted molar refractivity (Wildman–Crippen MR) is 110 cm³/mol. The Morgan fingerprint density at radius 3 is 2.45 bits per heavy atom. The van der Waals surface area contributed by atoms with Gasteiger partial charge in [-0.15, -0.1) is 0 Å². The predicted octanol–water partition coefficient (Wildman–Crippen LogP) is 6.58. The minimum Gasteiger partial charge on any atom is -0.370 e. The van der Waals surface area contributed by atoms with Crippen molar-refractivity contribution in [2.45, 2.75) is 39.3 Å². The largest absolute Gasteiger partial charge is 0.418 e. The standard InChI is InChI=1S/C22H21ClF3N3/c1-13-9-14(2)11-15(10-13)20-17-5-3-4-8-27-21(17)29(28-20)19-7-6-16(23)12-18(19)22(24,25)26/h6-7,9-12,27H,3-5,8H2,1-2H3. The van der Waals surface area contributed by atoms with Crippen LogP contribution in [-0.4, -0.2) is 16.3 Å². The number of nitrogens with one attached hydrogen (secondary N) is 1. The van der Waals surface area contributed by atoms with Crippen LogP contribution in [0.1, 0.15) is 35.1 Å². The van der Waals surface area contributed by atoms with E-state index in [2.05, 4.69) is 16.5 Å². The van der Waals surface area contributed by atoms with Crippen LogP contribution in [0.3, 0.4) is 0 Å². The first kappa shape index (κ1) is 19.8. The summed E-state index contributed by atoms with van der Waals surface area (Å²) in [5.41, 5.74) is 3.96. The van der Waals surface area contributed by atoms with E-state index in [1.807, 2.05) is 26.0 Å². The Morgan fingerprint density at radius 1 is 1.03 bits per heavy atom. The molecular weight excluding hydrogens is 399 g/mol. The Bertz CT molecular complexity index is 1050. The average molecular weight is 420 g/mol. The van der Waals surface area contributed by atoms with Gasteiger partial charge in [0, 0.05) is 22.7 Å². The summed E-state index contributed by atoms with van der Waals surface area (Å²) >= 11 is 5.87. The highest BCUT2D eigenvalue weighted by atomic mass is 35.5. The van der Waals surface area contributed by atoms with Gasteiger partial charge in [-0.2, -0.15) is 18.3 Å². The molecule has 1 aliphatic heterocycles. The van der Waals surface area contributed by atoms with Crippen molar-refractivity contribution in [2.75, 3.05) is 11.9 Å². The molecule has 0 radical (unpaired) electrons. The van der Waals surface area contributed by atoms with Crippen LogP contribution in [0.2, 0.25) is 5.02 Å². The van der Waals surface area contributed by atoms with Crippen molar-refractivity contribution in [3.63, 3.8) is 0 Å². The van der Waals surface area contributed by atoms with Gasteiger partial charge in [0.15, 0.2) is 0 Å². The van der Waals surface area contributed by atoms with Crippen molar-refractivity contribution < 1.29 is 13.2 Å². The molecule has 0 spiro atoms. The Hall–Kier alpha value is -2.47. The van der Waals surface area contributed by atoms with E-state index in [0.717, 1.165) is 53.3 Å². The number of nitrogens with zero attached hydrogens (tertiary/aromatic N) is 2. The first-order chi connectivity index (χ1) is 13.7. The summed E-state index contributed by atoms with van der Waals surface area (Å²) in [5, 5.41) is 8.02. The molecule has 152 valence electrons. The molecule has 0 aliphatic carbocycles. The summed E-state index contributed by atoms with van der Waals surface area (Å²) in [5.74, 6) is 0.629. The van der Waals surface area contributed by atoms with E-state index in [9.17, 15) is 13.2 Å². The summed E-state index contributed by atoms with van der Waals surface area (Å²) < 4.78 is 42.6. The lowest BCUT2D eigenvalue weighted by Gasteiger charge is -2.16. The Kier molecular flexibility index (Phi) is 5.07. The zero-order valence-corrected chi connectivity index (χ0v) is 17.0. The van der Waals surface area contributed by atoms with Crippen molar-refractivity contribution in [2.24, 2.45) is 0 Å². The molecule has 1 aromatic heterocycles. The molecule has 2 heterocycles. The van der Waals surface area contributed by atoms with Crippen LogP contribution >= 0.6 is 11.6 Å². The lowest BCUT2D eigenvalue weighted by molar-refractivity contribution is -0.137. The number of halogens is 4. The maximum Gasteiger partial charge on any atom is 0.418 e. The van der Waals surface area contributed by atoms with E-state index >= 15 is 0 Å². The third-order valence-corrected chi connectivity index (χ3v) is 5.35. The molecule has 2 aromatic carbocycles.